The van der Waals surface area contributed by atoms with Crippen LogP contribution in [0.2, 0.25) is 0 Å². The summed E-state index contributed by atoms with van der Waals surface area (Å²) in [6, 6.07) is 16.2. The zero-order valence-electron chi connectivity index (χ0n) is 10.4. The molecule has 3 aromatic rings. The number of hydrogen-bond acceptors (Lipinski definition) is 3. The number of thiocarbonyl (C=S) groups is 1. The minimum absolute atomic E-state index is 0.705. The van der Waals surface area contributed by atoms with Crippen molar-refractivity contribution in [2.45, 2.75) is 6.92 Å². The second-order valence-electron chi connectivity index (χ2n) is 4.31. The summed E-state index contributed by atoms with van der Waals surface area (Å²) < 4.78 is 1.18. The van der Waals surface area contributed by atoms with E-state index in [1.807, 2.05) is 36.4 Å². The summed E-state index contributed by atoms with van der Waals surface area (Å²) in [5.74, 6) is 0. The molecule has 0 amide bonds. The number of nitrogens with one attached hydrogen (secondary N) is 1. The summed E-state index contributed by atoms with van der Waals surface area (Å²) in [5.41, 5.74) is 3.26. The average Bonchev–Trinajstić information content (AvgIpc) is 2.81. The molecule has 3 rings (SSSR count). The predicted molar refractivity (Wildman–Crippen MR) is 86.1 cm³/mol. The lowest BCUT2D eigenvalue weighted by molar-refractivity contribution is 1.45. The van der Waals surface area contributed by atoms with E-state index < -0.39 is 0 Å². The van der Waals surface area contributed by atoms with Gasteiger partial charge in [-0.3, -0.25) is 0 Å². The first-order valence-corrected chi connectivity index (χ1v) is 7.18. The van der Waals surface area contributed by atoms with E-state index in [0.29, 0.717) is 4.99 Å². The first kappa shape index (κ1) is 12.3. The van der Waals surface area contributed by atoms with Crippen LogP contribution in [0.3, 0.4) is 0 Å². The van der Waals surface area contributed by atoms with Gasteiger partial charge in [-0.05, 0) is 24.6 Å². The van der Waals surface area contributed by atoms with E-state index >= 15 is 0 Å². The number of fused-ring (bicyclic) bond motifs is 1. The number of hydrogen-bond donors (Lipinski definition) is 1. The van der Waals surface area contributed by atoms with E-state index in [1.165, 1.54) is 10.3 Å². The molecule has 1 aromatic heterocycles. The Morgan fingerprint density at radius 2 is 1.95 bits per heavy atom. The third kappa shape index (κ3) is 2.64. The Morgan fingerprint density at radius 3 is 2.74 bits per heavy atom. The standard InChI is InChI=1S/C15H12N2S2/c1-10-7-8-12-13(9-10)19-15(16-12)17-14(18)11-5-3-2-4-6-11/h2-9H,1H3,(H,16,17,18). The zero-order valence-corrected chi connectivity index (χ0v) is 12.0. The van der Waals surface area contributed by atoms with Crippen LogP contribution < -0.4 is 5.32 Å². The maximum atomic E-state index is 5.39. The van der Waals surface area contributed by atoms with Crippen molar-refractivity contribution in [1.29, 1.82) is 0 Å². The minimum atomic E-state index is 0.705. The number of benzene rings is 2. The summed E-state index contributed by atoms with van der Waals surface area (Å²) in [6.07, 6.45) is 0. The van der Waals surface area contributed by atoms with Gasteiger partial charge in [-0.2, -0.15) is 0 Å². The van der Waals surface area contributed by atoms with Gasteiger partial charge in [0, 0.05) is 5.56 Å². The Morgan fingerprint density at radius 1 is 1.16 bits per heavy atom. The van der Waals surface area contributed by atoms with Gasteiger partial charge in [0.25, 0.3) is 0 Å². The summed E-state index contributed by atoms with van der Waals surface area (Å²) in [6.45, 7) is 2.08. The molecule has 4 heteroatoms. The smallest absolute Gasteiger partial charge is 0.188 e. The molecule has 0 atom stereocenters. The zero-order chi connectivity index (χ0) is 13.2. The van der Waals surface area contributed by atoms with Crippen LogP contribution in [-0.4, -0.2) is 9.97 Å². The number of thiazole rings is 1. The van der Waals surface area contributed by atoms with Gasteiger partial charge in [0.15, 0.2) is 5.13 Å². The molecule has 0 saturated heterocycles. The highest BCUT2D eigenvalue weighted by atomic mass is 32.1. The van der Waals surface area contributed by atoms with Crippen LogP contribution in [0.1, 0.15) is 11.1 Å². The molecule has 19 heavy (non-hydrogen) atoms. The lowest BCUT2D eigenvalue weighted by Gasteiger charge is -2.03. The summed E-state index contributed by atoms with van der Waals surface area (Å²) in [5, 5.41) is 4.05. The van der Waals surface area contributed by atoms with Gasteiger partial charge in [-0.1, -0.05) is 60.0 Å². The topological polar surface area (TPSA) is 24.9 Å². The molecule has 0 spiro atoms. The molecule has 0 aliphatic heterocycles. The molecule has 0 radical (unpaired) electrons. The molecule has 1 heterocycles. The van der Waals surface area contributed by atoms with E-state index in [4.69, 9.17) is 12.2 Å². The van der Waals surface area contributed by atoms with Crippen LogP contribution >= 0.6 is 23.6 Å². The van der Waals surface area contributed by atoms with Crippen molar-refractivity contribution in [2.24, 2.45) is 0 Å². The van der Waals surface area contributed by atoms with Crippen molar-refractivity contribution in [3.8, 4) is 0 Å². The molecule has 1 N–H and O–H groups in total. The second kappa shape index (κ2) is 5.07. The maximum absolute atomic E-state index is 5.39. The van der Waals surface area contributed by atoms with Crippen molar-refractivity contribution >= 4 is 43.9 Å². The normalized spacial score (nSPS) is 10.6. The van der Waals surface area contributed by atoms with Crippen molar-refractivity contribution in [3.05, 3.63) is 59.7 Å². The number of aryl methyl sites for hydroxylation is 1. The molecule has 2 aromatic carbocycles. The minimum Gasteiger partial charge on any atom is -0.322 e. The van der Waals surface area contributed by atoms with Gasteiger partial charge in [-0.25, -0.2) is 4.98 Å². The molecular formula is C15H12N2S2. The van der Waals surface area contributed by atoms with Crippen molar-refractivity contribution in [1.82, 2.24) is 4.98 Å². The van der Waals surface area contributed by atoms with Crippen LogP contribution in [-0.2, 0) is 0 Å². The molecule has 0 aliphatic rings. The van der Waals surface area contributed by atoms with E-state index in [2.05, 4.69) is 29.4 Å². The number of nitrogens with zero attached hydrogens (tertiary/aromatic N) is 1. The quantitative estimate of drug-likeness (QED) is 0.706. The fraction of sp³-hybridized carbons (Fsp3) is 0.0667. The van der Waals surface area contributed by atoms with E-state index in [9.17, 15) is 0 Å². The lowest BCUT2D eigenvalue weighted by Crippen LogP contribution is -2.09. The Balaban J connectivity index is 1.87. The Labute approximate surface area is 121 Å². The Kier molecular flexibility index (Phi) is 3.27. The fourth-order valence-electron chi connectivity index (χ4n) is 1.84. The Bertz CT molecular complexity index is 732. The van der Waals surface area contributed by atoms with Crippen molar-refractivity contribution in [2.75, 3.05) is 5.32 Å². The van der Waals surface area contributed by atoms with Crippen LogP contribution in [0.25, 0.3) is 10.2 Å². The van der Waals surface area contributed by atoms with Crippen LogP contribution in [0.4, 0.5) is 5.13 Å². The molecular weight excluding hydrogens is 272 g/mol. The highest BCUT2D eigenvalue weighted by Gasteiger charge is 2.06. The van der Waals surface area contributed by atoms with Gasteiger partial charge in [0.1, 0.15) is 4.99 Å². The average molecular weight is 284 g/mol. The van der Waals surface area contributed by atoms with Gasteiger partial charge < -0.3 is 5.32 Å². The third-order valence-corrected chi connectivity index (χ3v) is 4.07. The summed E-state index contributed by atoms with van der Waals surface area (Å²) >= 11 is 7.01. The van der Waals surface area contributed by atoms with Gasteiger partial charge in [0.05, 0.1) is 10.2 Å². The molecule has 0 unspecified atom stereocenters. The predicted octanol–water partition coefficient (Wildman–Crippen LogP) is 4.39. The lowest BCUT2D eigenvalue weighted by atomic mass is 10.2. The second-order valence-corrected chi connectivity index (χ2v) is 5.75. The molecule has 0 bridgehead atoms. The molecule has 0 fully saturated rings. The van der Waals surface area contributed by atoms with E-state index in [-0.39, 0.29) is 0 Å². The molecule has 0 saturated carbocycles. The SMILES string of the molecule is Cc1ccc2nc(NC(=S)c3ccccc3)sc2c1. The van der Waals surface area contributed by atoms with Gasteiger partial charge in [-0.15, -0.1) is 0 Å². The number of anilines is 1. The summed E-state index contributed by atoms with van der Waals surface area (Å²) in [7, 11) is 0. The summed E-state index contributed by atoms with van der Waals surface area (Å²) in [4.78, 5) is 5.24. The Hall–Kier alpha value is -1.78. The molecule has 94 valence electrons. The molecule has 2 nitrogen and oxygen atoms in total. The number of rotatable bonds is 2. The van der Waals surface area contributed by atoms with Gasteiger partial charge in [0.2, 0.25) is 0 Å². The first-order chi connectivity index (χ1) is 9.22. The van der Waals surface area contributed by atoms with Gasteiger partial charge >= 0.3 is 0 Å². The van der Waals surface area contributed by atoms with E-state index in [1.54, 1.807) is 11.3 Å². The largest absolute Gasteiger partial charge is 0.322 e. The van der Waals surface area contributed by atoms with Crippen LogP contribution in [0.5, 0.6) is 0 Å². The molecule has 0 aliphatic carbocycles. The number of aromatic nitrogens is 1. The van der Waals surface area contributed by atoms with Crippen LogP contribution in [0, 0.1) is 6.92 Å². The third-order valence-electron chi connectivity index (χ3n) is 2.80. The monoisotopic (exact) mass is 284 g/mol. The highest BCUT2D eigenvalue weighted by molar-refractivity contribution is 7.81. The van der Waals surface area contributed by atoms with E-state index in [0.717, 1.165) is 16.2 Å². The van der Waals surface area contributed by atoms with Crippen LogP contribution in [0.15, 0.2) is 48.5 Å². The van der Waals surface area contributed by atoms with Crippen molar-refractivity contribution in [3.63, 3.8) is 0 Å². The highest BCUT2D eigenvalue weighted by Crippen LogP contribution is 2.27. The maximum Gasteiger partial charge on any atom is 0.188 e. The first-order valence-electron chi connectivity index (χ1n) is 5.96. The van der Waals surface area contributed by atoms with Crippen molar-refractivity contribution < 1.29 is 0 Å². The fourth-order valence-corrected chi connectivity index (χ4v) is 3.11.